The highest BCUT2D eigenvalue weighted by molar-refractivity contribution is 7.90. The van der Waals surface area contributed by atoms with Gasteiger partial charge in [-0.05, 0) is 25.7 Å². The first-order valence-electron chi connectivity index (χ1n) is 5.97. The van der Waals surface area contributed by atoms with Gasteiger partial charge in [0.1, 0.15) is 9.84 Å². The van der Waals surface area contributed by atoms with Gasteiger partial charge in [-0.15, -0.1) is 0 Å². The zero-order valence-electron chi connectivity index (χ0n) is 10.1. The molecule has 1 saturated carbocycles. The molecule has 2 N–H and O–H groups in total. The summed E-state index contributed by atoms with van der Waals surface area (Å²) in [5.41, 5.74) is 0. The first kappa shape index (κ1) is 13.9. The second-order valence-electron chi connectivity index (χ2n) is 5.01. The van der Waals surface area contributed by atoms with Crippen LogP contribution in [-0.2, 0) is 9.84 Å². The molecule has 2 unspecified atom stereocenters. The summed E-state index contributed by atoms with van der Waals surface area (Å²) >= 11 is 0. The third kappa shape index (κ3) is 5.27. The summed E-state index contributed by atoms with van der Waals surface area (Å²) < 4.78 is 22.1. The third-order valence-electron chi connectivity index (χ3n) is 3.17. The van der Waals surface area contributed by atoms with Crippen LogP contribution in [0.1, 0.15) is 32.6 Å². The predicted molar refractivity (Wildman–Crippen MR) is 65.1 cm³/mol. The van der Waals surface area contributed by atoms with Crippen molar-refractivity contribution in [3.8, 4) is 0 Å². The van der Waals surface area contributed by atoms with E-state index in [1.807, 2.05) is 6.92 Å². The number of aliphatic hydroxyl groups is 1. The van der Waals surface area contributed by atoms with E-state index in [1.54, 1.807) is 0 Å². The lowest BCUT2D eigenvalue weighted by molar-refractivity contribution is 0.107. The van der Waals surface area contributed by atoms with Crippen LogP contribution in [0.5, 0.6) is 0 Å². The third-order valence-corrected chi connectivity index (χ3v) is 4.28. The van der Waals surface area contributed by atoms with Crippen LogP contribution in [-0.4, -0.2) is 44.2 Å². The largest absolute Gasteiger partial charge is 0.392 e. The van der Waals surface area contributed by atoms with E-state index in [2.05, 4.69) is 5.32 Å². The minimum absolute atomic E-state index is 0.0916. The Hall–Kier alpha value is -0.130. The van der Waals surface area contributed by atoms with Crippen LogP contribution in [0.3, 0.4) is 0 Å². The summed E-state index contributed by atoms with van der Waals surface area (Å²) in [4.78, 5) is 0. The Morgan fingerprint density at radius 1 is 1.38 bits per heavy atom. The molecule has 0 heterocycles. The summed E-state index contributed by atoms with van der Waals surface area (Å²) in [6, 6.07) is -0.0916. The normalized spacial score (nSPS) is 22.2. The highest BCUT2D eigenvalue weighted by Crippen LogP contribution is 2.27. The molecule has 1 aliphatic carbocycles. The van der Waals surface area contributed by atoms with Crippen LogP contribution >= 0.6 is 0 Å². The SMILES string of the molecule is CC(CS(C)(=O)=O)NCC(O)C1CCCC1. The van der Waals surface area contributed by atoms with E-state index in [-0.39, 0.29) is 17.9 Å². The van der Waals surface area contributed by atoms with E-state index >= 15 is 0 Å². The quantitative estimate of drug-likeness (QED) is 0.722. The molecule has 0 aliphatic heterocycles. The molecule has 0 radical (unpaired) electrons. The van der Waals surface area contributed by atoms with Crippen molar-refractivity contribution in [2.45, 2.75) is 44.8 Å². The van der Waals surface area contributed by atoms with Crippen LogP contribution in [0.25, 0.3) is 0 Å². The Kier molecular flexibility index (Phi) is 5.21. The zero-order valence-corrected chi connectivity index (χ0v) is 11.0. The van der Waals surface area contributed by atoms with E-state index in [4.69, 9.17) is 0 Å². The van der Waals surface area contributed by atoms with E-state index < -0.39 is 9.84 Å². The molecule has 0 amide bonds. The molecule has 1 aliphatic rings. The number of sulfone groups is 1. The van der Waals surface area contributed by atoms with Gasteiger partial charge in [0, 0.05) is 18.8 Å². The van der Waals surface area contributed by atoms with E-state index in [0.717, 1.165) is 12.8 Å². The molecule has 0 aromatic rings. The summed E-state index contributed by atoms with van der Waals surface area (Å²) in [6.45, 7) is 2.34. The van der Waals surface area contributed by atoms with E-state index in [9.17, 15) is 13.5 Å². The van der Waals surface area contributed by atoms with Crippen molar-refractivity contribution in [2.75, 3.05) is 18.6 Å². The molecule has 16 heavy (non-hydrogen) atoms. The Balaban J connectivity index is 2.22. The molecule has 0 aromatic carbocycles. The number of aliphatic hydroxyl groups excluding tert-OH is 1. The first-order valence-corrected chi connectivity index (χ1v) is 8.03. The summed E-state index contributed by atoms with van der Waals surface area (Å²) in [5.74, 6) is 0.530. The van der Waals surface area contributed by atoms with Crippen molar-refractivity contribution in [3.05, 3.63) is 0 Å². The topological polar surface area (TPSA) is 66.4 Å². The minimum Gasteiger partial charge on any atom is -0.392 e. The highest BCUT2D eigenvalue weighted by Gasteiger charge is 2.23. The molecule has 1 rings (SSSR count). The molecule has 5 heteroatoms. The van der Waals surface area contributed by atoms with Crippen LogP contribution < -0.4 is 5.32 Å². The molecular formula is C11H23NO3S. The Morgan fingerprint density at radius 2 is 1.94 bits per heavy atom. The zero-order chi connectivity index (χ0) is 12.2. The van der Waals surface area contributed by atoms with Gasteiger partial charge in [0.15, 0.2) is 0 Å². The number of nitrogens with one attached hydrogen (secondary N) is 1. The monoisotopic (exact) mass is 249 g/mol. The lowest BCUT2D eigenvalue weighted by Gasteiger charge is -2.20. The van der Waals surface area contributed by atoms with E-state index in [0.29, 0.717) is 12.5 Å². The maximum absolute atomic E-state index is 11.0. The standard InChI is InChI=1S/C11H23NO3S/c1-9(8-16(2,14)15)12-7-11(13)10-5-3-4-6-10/h9-13H,3-8H2,1-2H3. The maximum atomic E-state index is 11.0. The molecular weight excluding hydrogens is 226 g/mol. The van der Waals surface area contributed by atoms with Crippen LogP contribution in [0, 0.1) is 5.92 Å². The highest BCUT2D eigenvalue weighted by atomic mass is 32.2. The van der Waals surface area contributed by atoms with Crippen molar-refractivity contribution in [2.24, 2.45) is 5.92 Å². The fourth-order valence-corrected chi connectivity index (χ4v) is 3.37. The van der Waals surface area contributed by atoms with Gasteiger partial charge in [-0.25, -0.2) is 8.42 Å². The van der Waals surface area contributed by atoms with Crippen molar-refractivity contribution < 1.29 is 13.5 Å². The Bertz CT molecular complexity index is 296. The van der Waals surface area contributed by atoms with Crippen molar-refractivity contribution in [3.63, 3.8) is 0 Å². The van der Waals surface area contributed by atoms with Gasteiger partial charge in [0.05, 0.1) is 11.9 Å². The second-order valence-corrected chi connectivity index (χ2v) is 7.20. The maximum Gasteiger partial charge on any atom is 0.148 e. The summed E-state index contributed by atoms with van der Waals surface area (Å²) in [7, 11) is -2.93. The number of hydrogen-bond acceptors (Lipinski definition) is 4. The molecule has 0 aromatic heterocycles. The van der Waals surface area contributed by atoms with Crippen LogP contribution in [0.4, 0.5) is 0 Å². The molecule has 0 bridgehead atoms. The molecule has 2 atom stereocenters. The van der Waals surface area contributed by atoms with E-state index in [1.165, 1.54) is 19.1 Å². The van der Waals surface area contributed by atoms with Crippen molar-refractivity contribution in [1.82, 2.24) is 5.32 Å². The number of rotatable bonds is 6. The summed E-state index contributed by atoms with van der Waals surface area (Å²) in [5, 5.41) is 13.0. The van der Waals surface area contributed by atoms with Gasteiger partial charge in [-0.1, -0.05) is 12.8 Å². The second kappa shape index (κ2) is 5.98. The minimum atomic E-state index is -2.93. The smallest absolute Gasteiger partial charge is 0.148 e. The Morgan fingerprint density at radius 3 is 2.44 bits per heavy atom. The lowest BCUT2D eigenvalue weighted by atomic mass is 10.0. The van der Waals surface area contributed by atoms with Crippen molar-refractivity contribution in [1.29, 1.82) is 0 Å². The average molecular weight is 249 g/mol. The summed E-state index contributed by atoms with van der Waals surface area (Å²) in [6.07, 6.45) is 5.52. The van der Waals surface area contributed by atoms with Gasteiger partial charge in [0.2, 0.25) is 0 Å². The van der Waals surface area contributed by atoms with Gasteiger partial charge in [-0.3, -0.25) is 0 Å². The van der Waals surface area contributed by atoms with Crippen LogP contribution in [0.15, 0.2) is 0 Å². The van der Waals surface area contributed by atoms with Gasteiger partial charge in [-0.2, -0.15) is 0 Å². The van der Waals surface area contributed by atoms with Gasteiger partial charge >= 0.3 is 0 Å². The average Bonchev–Trinajstić information content (AvgIpc) is 2.64. The van der Waals surface area contributed by atoms with Crippen LogP contribution in [0.2, 0.25) is 0 Å². The van der Waals surface area contributed by atoms with Gasteiger partial charge < -0.3 is 10.4 Å². The van der Waals surface area contributed by atoms with Gasteiger partial charge in [0.25, 0.3) is 0 Å². The molecule has 0 spiro atoms. The Labute approximate surface area is 98.4 Å². The molecule has 96 valence electrons. The fraction of sp³-hybridized carbons (Fsp3) is 1.00. The lowest BCUT2D eigenvalue weighted by Crippen LogP contribution is -2.39. The fourth-order valence-electron chi connectivity index (χ4n) is 2.34. The first-order chi connectivity index (χ1) is 7.38. The van der Waals surface area contributed by atoms with Crippen molar-refractivity contribution >= 4 is 9.84 Å². The number of hydrogen-bond donors (Lipinski definition) is 2. The molecule has 1 fully saturated rings. The molecule has 0 saturated heterocycles. The predicted octanol–water partition coefficient (Wildman–Crippen LogP) is 0.560. The molecule has 4 nitrogen and oxygen atoms in total.